The van der Waals surface area contributed by atoms with Gasteiger partial charge in [-0.3, -0.25) is 4.79 Å². The maximum atomic E-state index is 11.6. The lowest BCUT2D eigenvalue weighted by Crippen LogP contribution is -2.26. The number of amides is 1. The first kappa shape index (κ1) is 12.7. The highest BCUT2D eigenvalue weighted by atomic mass is 79.9. The van der Waals surface area contributed by atoms with Gasteiger partial charge in [0.15, 0.2) is 0 Å². The van der Waals surface area contributed by atoms with Crippen LogP contribution in [0.4, 0.5) is 5.69 Å². The molecule has 1 unspecified atom stereocenters. The molecule has 3 N–H and O–H groups in total. The zero-order chi connectivity index (χ0) is 11.4. The summed E-state index contributed by atoms with van der Waals surface area (Å²) < 4.78 is 1.77. The summed E-state index contributed by atoms with van der Waals surface area (Å²) in [5.41, 5.74) is 6.16. The van der Waals surface area contributed by atoms with Gasteiger partial charge in [0.25, 0.3) is 0 Å². The standard InChI is InChI=1S/C10H12Br2N2O/c1-6(5-13)10(15)14-9-4-7(11)2-3-8(9)12/h2-4,6H,5,13H2,1H3,(H,14,15). The van der Waals surface area contributed by atoms with E-state index >= 15 is 0 Å². The third-order valence-electron chi connectivity index (χ3n) is 1.99. The lowest BCUT2D eigenvalue weighted by atomic mass is 10.1. The van der Waals surface area contributed by atoms with Crippen LogP contribution in [0.25, 0.3) is 0 Å². The lowest BCUT2D eigenvalue weighted by molar-refractivity contribution is -0.119. The van der Waals surface area contributed by atoms with Crippen molar-refractivity contribution in [2.45, 2.75) is 6.92 Å². The van der Waals surface area contributed by atoms with E-state index in [0.717, 1.165) is 14.6 Å². The topological polar surface area (TPSA) is 55.1 Å². The van der Waals surface area contributed by atoms with E-state index in [1.54, 1.807) is 6.92 Å². The molecule has 1 rings (SSSR count). The molecule has 0 radical (unpaired) electrons. The van der Waals surface area contributed by atoms with Crippen LogP contribution in [0.3, 0.4) is 0 Å². The van der Waals surface area contributed by atoms with E-state index in [9.17, 15) is 4.79 Å². The zero-order valence-electron chi connectivity index (χ0n) is 8.26. The van der Waals surface area contributed by atoms with E-state index in [1.165, 1.54) is 0 Å². The van der Waals surface area contributed by atoms with Gasteiger partial charge in [-0.05, 0) is 34.1 Å². The number of carbonyl (C=O) groups excluding carboxylic acids is 1. The van der Waals surface area contributed by atoms with Gasteiger partial charge < -0.3 is 11.1 Å². The number of anilines is 1. The summed E-state index contributed by atoms with van der Waals surface area (Å²) >= 11 is 6.71. The summed E-state index contributed by atoms with van der Waals surface area (Å²) in [6.07, 6.45) is 0. The molecule has 0 bridgehead atoms. The van der Waals surface area contributed by atoms with Crippen molar-refractivity contribution in [2.75, 3.05) is 11.9 Å². The van der Waals surface area contributed by atoms with Crippen molar-refractivity contribution in [3.05, 3.63) is 27.1 Å². The number of carbonyl (C=O) groups is 1. The fraction of sp³-hybridized carbons (Fsp3) is 0.300. The van der Waals surface area contributed by atoms with Crippen LogP contribution in [-0.2, 0) is 4.79 Å². The van der Waals surface area contributed by atoms with Gasteiger partial charge in [0.1, 0.15) is 0 Å². The van der Waals surface area contributed by atoms with Gasteiger partial charge in [-0.2, -0.15) is 0 Å². The number of hydrogen-bond donors (Lipinski definition) is 2. The van der Waals surface area contributed by atoms with E-state index in [4.69, 9.17) is 5.73 Å². The molecule has 3 nitrogen and oxygen atoms in total. The Kier molecular flexibility index (Phi) is 4.76. The number of nitrogens with two attached hydrogens (primary N) is 1. The Labute approximate surface area is 106 Å². The van der Waals surface area contributed by atoms with Crippen LogP contribution in [0.2, 0.25) is 0 Å². The molecule has 0 aliphatic carbocycles. The van der Waals surface area contributed by atoms with Crippen LogP contribution in [-0.4, -0.2) is 12.5 Å². The number of benzene rings is 1. The van der Waals surface area contributed by atoms with E-state index in [2.05, 4.69) is 37.2 Å². The van der Waals surface area contributed by atoms with Crippen molar-refractivity contribution in [3.63, 3.8) is 0 Å². The molecule has 1 amide bonds. The molecule has 0 saturated carbocycles. The summed E-state index contributed by atoms with van der Waals surface area (Å²) in [5.74, 6) is -0.257. The molecule has 0 spiro atoms. The predicted molar refractivity (Wildman–Crippen MR) is 68.7 cm³/mol. The van der Waals surface area contributed by atoms with Gasteiger partial charge in [-0.1, -0.05) is 22.9 Å². The average Bonchev–Trinajstić information content (AvgIpc) is 2.22. The number of hydrogen-bond acceptors (Lipinski definition) is 2. The summed E-state index contributed by atoms with van der Waals surface area (Å²) in [5, 5.41) is 2.81. The van der Waals surface area contributed by atoms with Gasteiger partial charge in [-0.15, -0.1) is 0 Å². The molecule has 5 heteroatoms. The Hall–Kier alpha value is -0.390. The van der Waals surface area contributed by atoms with Crippen molar-refractivity contribution < 1.29 is 4.79 Å². The molecular formula is C10H12Br2N2O. The van der Waals surface area contributed by atoms with Crippen molar-refractivity contribution in [3.8, 4) is 0 Å². The molecule has 0 fully saturated rings. The molecular weight excluding hydrogens is 324 g/mol. The molecule has 0 saturated heterocycles. The highest BCUT2D eigenvalue weighted by molar-refractivity contribution is 9.11. The average molecular weight is 336 g/mol. The highest BCUT2D eigenvalue weighted by Crippen LogP contribution is 2.26. The fourth-order valence-corrected chi connectivity index (χ4v) is 1.66. The lowest BCUT2D eigenvalue weighted by Gasteiger charge is -2.11. The second-order valence-corrected chi connectivity index (χ2v) is 5.02. The van der Waals surface area contributed by atoms with Crippen LogP contribution < -0.4 is 11.1 Å². The Morgan fingerprint density at radius 2 is 2.20 bits per heavy atom. The zero-order valence-corrected chi connectivity index (χ0v) is 11.4. The maximum Gasteiger partial charge on any atom is 0.228 e. The molecule has 0 aromatic heterocycles. The van der Waals surface area contributed by atoms with Crippen LogP contribution in [0.15, 0.2) is 27.1 Å². The quantitative estimate of drug-likeness (QED) is 0.892. The summed E-state index contributed by atoms with van der Waals surface area (Å²) in [6, 6.07) is 5.60. The van der Waals surface area contributed by atoms with E-state index < -0.39 is 0 Å². The number of nitrogens with one attached hydrogen (secondary N) is 1. The number of halogens is 2. The van der Waals surface area contributed by atoms with Crippen LogP contribution >= 0.6 is 31.9 Å². The second-order valence-electron chi connectivity index (χ2n) is 3.25. The fourth-order valence-electron chi connectivity index (χ4n) is 0.956. The molecule has 15 heavy (non-hydrogen) atoms. The van der Waals surface area contributed by atoms with Gasteiger partial charge in [0.2, 0.25) is 5.91 Å². The van der Waals surface area contributed by atoms with Crippen molar-refractivity contribution in [1.29, 1.82) is 0 Å². The largest absolute Gasteiger partial charge is 0.330 e. The Bertz CT molecular complexity index is 368. The summed E-state index contributed by atoms with van der Waals surface area (Å²) in [7, 11) is 0. The van der Waals surface area contributed by atoms with E-state index in [0.29, 0.717) is 6.54 Å². The molecule has 1 aromatic carbocycles. The minimum Gasteiger partial charge on any atom is -0.330 e. The van der Waals surface area contributed by atoms with Crippen molar-refractivity contribution in [1.82, 2.24) is 0 Å². The second kappa shape index (κ2) is 5.63. The minimum atomic E-state index is -0.184. The first-order valence-electron chi connectivity index (χ1n) is 4.50. The summed E-state index contributed by atoms with van der Waals surface area (Å²) in [6.45, 7) is 2.14. The maximum absolute atomic E-state index is 11.6. The first-order chi connectivity index (χ1) is 7.04. The van der Waals surface area contributed by atoms with Crippen LogP contribution in [0, 0.1) is 5.92 Å². The smallest absolute Gasteiger partial charge is 0.228 e. The highest BCUT2D eigenvalue weighted by Gasteiger charge is 2.12. The van der Waals surface area contributed by atoms with Crippen LogP contribution in [0.5, 0.6) is 0 Å². The van der Waals surface area contributed by atoms with Gasteiger partial charge in [-0.25, -0.2) is 0 Å². The predicted octanol–water partition coefficient (Wildman–Crippen LogP) is 2.74. The van der Waals surface area contributed by atoms with E-state index in [-0.39, 0.29) is 11.8 Å². The molecule has 0 aliphatic heterocycles. The van der Waals surface area contributed by atoms with Gasteiger partial charge in [0.05, 0.1) is 5.69 Å². The van der Waals surface area contributed by atoms with E-state index in [1.807, 2.05) is 18.2 Å². The third-order valence-corrected chi connectivity index (χ3v) is 3.17. The van der Waals surface area contributed by atoms with Gasteiger partial charge in [0, 0.05) is 21.4 Å². The summed E-state index contributed by atoms with van der Waals surface area (Å²) in [4.78, 5) is 11.6. The molecule has 0 aliphatic rings. The Morgan fingerprint density at radius 3 is 2.80 bits per heavy atom. The minimum absolute atomic E-state index is 0.0729. The SMILES string of the molecule is CC(CN)C(=O)Nc1cc(Br)ccc1Br. The molecule has 1 aromatic rings. The normalized spacial score (nSPS) is 12.3. The monoisotopic (exact) mass is 334 g/mol. The van der Waals surface area contributed by atoms with Crippen molar-refractivity contribution in [2.24, 2.45) is 11.7 Å². The van der Waals surface area contributed by atoms with Gasteiger partial charge >= 0.3 is 0 Å². The molecule has 0 heterocycles. The van der Waals surface area contributed by atoms with Crippen LogP contribution in [0.1, 0.15) is 6.92 Å². The Balaban J connectivity index is 2.80. The first-order valence-corrected chi connectivity index (χ1v) is 6.09. The Morgan fingerprint density at radius 1 is 1.53 bits per heavy atom. The third kappa shape index (κ3) is 3.59. The molecule has 82 valence electrons. The number of rotatable bonds is 3. The molecule has 1 atom stereocenters. The van der Waals surface area contributed by atoms with Crippen molar-refractivity contribution >= 4 is 43.5 Å².